The Kier molecular flexibility index (Phi) is 4.97. The lowest BCUT2D eigenvalue weighted by molar-refractivity contribution is -0.140. The number of hydrogen-bond donors (Lipinski definition) is 0. The third kappa shape index (κ3) is 3.06. The molecule has 2 nitrogen and oxygen atoms in total. The van der Waals surface area contributed by atoms with Crippen LogP contribution in [0.3, 0.4) is 0 Å². The highest BCUT2D eigenvalue weighted by atomic mass is 16.7. The SMILES string of the molecule is CCOC(OCC)c1c(C)cc(C)cc1C. The van der Waals surface area contributed by atoms with Crippen LogP contribution in [0.5, 0.6) is 0 Å². The van der Waals surface area contributed by atoms with Crippen LogP contribution in [0.1, 0.15) is 42.4 Å². The van der Waals surface area contributed by atoms with Crippen LogP contribution < -0.4 is 0 Å². The van der Waals surface area contributed by atoms with Gasteiger partial charge >= 0.3 is 0 Å². The molecule has 0 fully saturated rings. The predicted octanol–water partition coefficient (Wildman–Crippen LogP) is 3.68. The topological polar surface area (TPSA) is 18.5 Å². The molecule has 90 valence electrons. The van der Waals surface area contributed by atoms with E-state index in [0.717, 1.165) is 0 Å². The highest BCUT2D eigenvalue weighted by Crippen LogP contribution is 2.27. The van der Waals surface area contributed by atoms with Gasteiger partial charge in [-0.3, -0.25) is 0 Å². The molecule has 0 atom stereocenters. The van der Waals surface area contributed by atoms with Crippen LogP contribution in [0.4, 0.5) is 0 Å². The Hall–Kier alpha value is -0.860. The lowest BCUT2D eigenvalue weighted by atomic mass is 9.99. The van der Waals surface area contributed by atoms with Crippen molar-refractivity contribution in [1.82, 2.24) is 0 Å². The van der Waals surface area contributed by atoms with E-state index < -0.39 is 0 Å². The molecule has 0 aliphatic rings. The summed E-state index contributed by atoms with van der Waals surface area (Å²) in [5.74, 6) is 0. The number of rotatable bonds is 5. The second kappa shape index (κ2) is 6.02. The third-order valence-electron chi connectivity index (χ3n) is 2.61. The fourth-order valence-electron chi connectivity index (χ4n) is 2.08. The van der Waals surface area contributed by atoms with Gasteiger partial charge in [0.15, 0.2) is 6.29 Å². The highest BCUT2D eigenvalue weighted by molar-refractivity contribution is 5.38. The smallest absolute Gasteiger partial charge is 0.184 e. The van der Waals surface area contributed by atoms with Gasteiger partial charge in [0.25, 0.3) is 0 Å². The first-order chi connectivity index (χ1) is 7.60. The highest BCUT2D eigenvalue weighted by Gasteiger charge is 2.16. The van der Waals surface area contributed by atoms with E-state index in [4.69, 9.17) is 9.47 Å². The molecule has 0 radical (unpaired) electrons. The van der Waals surface area contributed by atoms with Gasteiger partial charge in [-0.05, 0) is 45.7 Å². The van der Waals surface area contributed by atoms with E-state index in [1.165, 1.54) is 22.3 Å². The Bertz CT molecular complexity index is 316. The Morgan fingerprint density at radius 1 is 0.938 bits per heavy atom. The Morgan fingerprint density at radius 2 is 1.38 bits per heavy atom. The molecule has 0 saturated heterocycles. The van der Waals surface area contributed by atoms with E-state index >= 15 is 0 Å². The first kappa shape index (κ1) is 13.2. The largest absolute Gasteiger partial charge is 0.349 e. The van der Waals surface area contributed by atoms with Crippen molar-refractivity contribution in [2.45, 2.75) is 40.9 Å². The first-order valence-corrected chi connectivity index (χ1v) is 5.91. The zero-order chi connectivity index (χ0) is 12.1. The zero-order valence-corrected chi connectivity index (χ0v) is 11.0. The van der Waals surface area contributed by atoms with Crippen molar-refractivity contribution < 1.29 is 9.47 Å². The second-order valence-corrected chi connectivity index (χ2v) is 4.06. The fraction of sp³-hybridized carbons (Fsp3) is 0.571. The van der Waals surface area contributed by atoms with Crippen molar-refractivity contribution in [3.05, 3.63) is 34.4 Å². The maximum Gasteiger partial charge on any atom is 0.184 e. The quantitative estimate of drug-likeness (QED) is 0.707. The van der Waals surface area contributed by atoms with Gasteiger partial charge in [0.05, 0.1) is 0 Å². The summed E-state index contributed by atoms with van der Waals surface area (Å²) in [6.07, 6.45) is -0.226. The van der Waals surface area contributed by atoms with Crippen molar-refractivity contribution >= 4 is 0 Å². The van der Waals surface area contributed by atoms with Crippen LogP contribution in [0, 0.1) is 20.8 Å². The molecule has 0 heterocycles. The summed E-state index contributed by atoms with van der Waals surface area (Å²) in [5.41, 5.74) is 4.94. The van der Waals surface area contributed by atoms with Crippen LogP contribution in [0.2, 0.25) is 0 Å². The molecular weight excluding hydrogens is 200 g/mol. The van der Waals surface area contributed by atoms with Crippen LogP contribution in [-0.4, -0.2) is 13.2 Å². The minimum absolute atomic E-state index is 0.226. The van der Waals surface area contributed by atoms with E-state index in [9.17, 15) is 0 Å². The number of hydrogen-bond acceptors (Lipinski definition) is 2. The molecule has 0 N–H and O–H groups in total. The maximum atomic E-state index is 5.65. The van der Waals surface area contributed by atoms with Gasteiger partial charge < -0.3 is 9.47 Å². The minimum atomic E-state index is -0.226. The molecule has 1 aromatic rings. The molecule has 0 spiro atoms. The van der Waals surface area contributed by atoms with Crippen molar-refractivity contribution in [3.63, 3.8) is 0 Å². The first-order valence-electron chi connectivity index (χ1n) is 5.91. The van der Waals surface area contributed by atoms with Gasteiger partial charge in [0, 0.05) is 18.8 Å². The molecular formula is C14H22O2. The second-order valence-electron chi connectivity index (χ2n) is 4.06. The summed E-state index contributed by atoms with van der Waals surface area (Å²) in [7, 11) is 0. The van der Waals surface area contributed by atoms with E-state index in [-0.39, 0.29) is 6.29 Å². The van der Waals surface area contributed by atoms with Crippen LogP contribution in [0.25, 0.3) is 0 Å². The van der Waals surface area contributed by atoms with Gasteiger partial charge in [-0.1, -0.05) is 17.7 Å². The normalized spacial score (nSPS) is 11.1. The minimum Gasteiger partial charge on any atom is -0.349 e. The van der Waals surface area contributed by atoms with Gasteiger partial charge in [0.1, 0.15) is 0 Å². The Labute approximate surface area is 98.6 Å². The van der Waals surface area contributed by atoms with Crippen LogP contribution in [0.15, 0.2) is 12.1 Å². The number of benzene rings is 1. The average Bonchev–Trinajstić information content (AvgIpc) is 2.16. The molecule has 1 rings (SSSR count). The van der Waals surface area contributed by atoms with E-state index in [1.54, 1.807) is 0 Å². The fourth-order valence-corrected chi connectivity index (χ4v) is 2.08. The molecule has 0 aliphatic carbocycles. The summed E-state index contributed by atoms with van der Waals surface area (Å²) >= 11 is 0. The van der Waals surface area contributed by atoms with Gasteiger partial charge in [0.2, 0.25) is 0 Å². The lowest BCUT2D eigenvalue weighted by Crippen LogP contribution is -2.12. The van der Waals surface area contributed by atoms with E-state index in [0.29, 0.717) is 13.2 Å². The lowest BCUT2D eigenvalue weighted by Gasteiger charge is -2.21. The molecule has 0 unspecified atom stereocenters. The van der Waals surface area contributed by atoms with Crippen LogP contribution in [-0.2, 0) is 9.47 Å². The summed E-state index contributed by atoms with van der Waals surface area (Å²) in [4.78, 5) is 0. The Balaban J connectivity index is 3.07. The molecule has 0 bridgehead atoms. The molecule has 0 amide bonds. The molecule has 0 aliphatic heterocycles. The molecule has 2 heteroatoms. The maximum absolute atomic E-state index is 5.65. The molecule has 0 aromatic heterocycles. The summed E-state index contributed by atoms with van der Waals surface area (Å²) in [6.45, 7) is 11.6. The molecule has 1 aromatic carbocycles. The molecule has 16 heavy (non-hydrogen) atoms. The summed E-state index contributed by atoms with van der Waals surface area (Å²) in [5, 5.41) is 0. The zero-order valence-electron chi connectivity index (χ0n) is 11.0. The third-order valence-corrected chi connectivity index (χ3v) is 2.61. The van der Waals surface area contributed by atoms with E-state index in [1.807, 2.05) is 13.8 Å². The van der Waals surface area contributed by atoms with Crippen LogP contribution >= 0.6 is 0 Å². The Morgan fingerprint density at radius 3 is 1.75 bits per heavy atom. The van der Waals surface area contributed by atoms with Crippen molar-refractivity contribution in [1.29, 1.82) is 0 Å². The van der Waals surface area contributed by atoms with Crippen molar-refractivity contribution in [2.24, 2.45) is 0 Å². The average molecular weight is 222 g/mol. The van der Waals surface area contributed by atoms with E-state index in [2.05, 4.69) is 32.9 Å². The van der Waals surface area contributed by atoms with Gasteiger partial charge in [-0.15, -0.1) is 0 Å². The number of ether oxygens (including phenoxy) is 2. The summed E-state index contributed by atoms with van der Waals surface area (Å²) < 4.78 is 11.3. The van der Waals surface area contributed by atoms with Gasteiger partial charge in [-0.25, -0.2) is 0 Å². The predicted molar refractivity (Wildman–Crippen MR) is 66.6 cm³/mol. The molecule has 0 saturated carbocycles. The van der Waals surface area contributed by atoms with Crippen molar-refractivity contribution in [2.75, 3.05) is 13.2 Å². The van der Waals surface area contributed by atoms with Crippen molar-refractivity contribution in [3.8, 4) is 0 Å². The summed E-state index contributed by atoms with van der Waals surface area (Å²) in [6, 6.07) is 4.35. The standard InChI is InChI=1S/C14H22O2/c1-6-15-14(16-7-2)13-11(4)8-10(3)9-12(13)5/h8-9,14H,6-7H2,1-5H3. The van der Waals surface area contributed by atoms with Gasteiger partial charge in [-0.2, -0.15) is 0 Å². The monoisotopic (exact) mass is 222 g/mol. The number of aryl methyl sites for hydroxylation is 3.